The molecule has 1 saturated heterocycles. The highest BCUT2D eigenvalue weighted by atomic mass is 16.6. The number of carbonyl (C=O) groups excluding carboxylic acids is 1. The minimum absolute atomic E-state index is 0.0616. The summed E-state index contributed by atoms with van der Waals surface area (Å²) in [5.41, 5.74) is 0.329. The quantitative estimate of drug-likeness (QED) is 0.502. The first-order valence-corrected chi connectivity index (χ1v) is 7.03. The van der Waals surface area contributed by atoms with Gasteiger partial charge in [0.15, 0.2) is 0 Å². The molecule has 7 heteroatoms. The van der Waals surface area contributed by atoms with Crippen molar-refractivity contribution < 1.29 is 19.2 Å². The van der Waals surface area contributed by atoms with Crippen LogP contribution < -0.4 is 10.1 Å². The van der Waals surface area contributed by atoms with E-state index in [0.717, 1.165) is 0 Å². The Kier molecular flexibility index (Phi) is 4.20. The lowest BCUT2D eigenvalue weighted by atomic mass is 10.2. The van der Waals surface area contributed by atoms with E-state index in [0.29, 0.717) is 24.5 Å². The molecule has 1 unspecified atom stereocenters. The molecule has 1 heterocycles. The Morgan fingerprint density at radius 2 is 2.04 bits per heavy atom. The van der Waals surface area contributed by atoms with Crippen molar-refractivity contribution in [3.05, 3.63) is 64.2 Å². The second-order valence-electron chi connectivity index (χ2n) is 5.02. The maximum absolute atomic E-state index is 12.1. The Morgan fingerprint density at radius 1 is 1.30 bits per heavy atom. The number of ether oxygens (including phenoxy) is 2. The van der Waals surface area contributed by atoms with E-state index in [9.17, 15) is 14.9 Å². The number of nitrogens with zero attached hydrogens (tertiary/aromatic N) is 1. The van der Waals surface area contributed by atoms with E-state index in [1.807, 2.05) is 0 Å². The Morgan fingerprint density at radius 3 is 2.70 bits per heavy atom. The minimum Gasteiger partial charge on any atom is -0.491 e. The summed E-state index contributed by atoms with van der Waals surface area (Å²) in [5, 5.41) is 13.8. The molecule has 1 N–H and O–H groups in total. The van der Waals surface area contributed by atoms with Crippen LogP contribution in [0.5, 0.6) is 5.75 Å². The summed E-state index contributed by atoms with van der Waals surface area (Å²) in [7, 11) is 0. The van der Waals surface area contributed by atoms with Gasteiger partial charge >= 0.3 is 0 Å². The number of carbonyl (C=O) groups is 1. The number of hydrogen-bond donors (Lipinski definition) is 1. The number of anilines is 1. The topological polar surface area (TPSA) is 94.0 Å². The largest absolute Gasteiger partial charge is 0.491 e. The molecule has 1 aliphatic rings. The van der Waals surface area contributed by atoms with Gasteiger partial charge in [-0.05, 0) is 24.3 Å². The molecular weight excluding hydrogens is 300 g/mol. The molecule has 0 radical (unpaired) electrons. The highest BCUT2D eigenvalue weighted by Gasteiger charge is 2.24. The third kappa shape index (κ3) is 3.83. The molecule has 1 aliphatic heterocycles. The molecular formula is C16H14N2O5. The van der Waals surface area contributed by atoms with Crippen molar-refractivity contribution in [3.63, 3.8) is 0 Å². The van der Waals surface area contributed by atoms with Crippen LogP contribution in [0.2, 0.25) is 0 Å². The normalized spacial score (nSPS) is 15.7. The lowest BCUT2D eigenvalue weighted by Gasteiger charge is -2.08. The fraction of sp³-hybridized carbons (Fsp3) is 0.188. The maximum atomic E-state index is 12.1. The summed E-state index contributed by atoms with van der Waals surface area (Å²) in [6.07, 6.45) is 0.0616. The molecule has 0 aromatic heterocycles. The zero-order valence-corrected chi connectivity index (χ0v) is 12.1. The van der Waals surface area contributed by atoms with Crippen molar-refractivity contribution in [1.82, 2.24) is 0 Å². The monoisotopic (exact) mass is 314 g/mol. The van der Waals surface area contributed by atoms with E-state index < -0.39 is 10.8 Å². The predicted molar refractivity (Wildman–Crippen MR) is 82.7 cm³/mol. The van der Waals surface area contributed by atoms with Crippen LogP contribution in [0.3, 0.4) is 0 Å². The number of epoxide rings is 1. The maximum Gasteiger partial charge on any atom is 0.296 e. The van der Waals surface area contributed by atoms with Gasteiger partial charge in [-0.15, -0.1) is 0 Å². The van der Waals surface area contributed by atoms with Gasteiger partial charge in [0.1, 0.15) is 24.1 Å². The van der Waals surface area contributed by atoms with E-state index in [4.69, 9.17) is 9.47 Å². The van der Waals surface area contributed by atoms with Crippen LogP contribution in [-0.4, -0.2) is 30.1 Å². The molecule has 1 fully saturated rings. The minimum atomic E-state index is -0.554. The molecule has 7 nitrogen and oxygen atoms in total. The second-order valence-corrected chi connectivity index (χ2v) is 5.02. The van der Waals surface area contributed by atoms with E-state index in [1.54, 1.807) is 36.4 Å². The van der Waals surface area contributed by atoms with Crippen molar-refractivity contribution in [2.24, 2.45) is 0 Å². The van der Waals surface area contributed by atoms with Gasteiger partial charge in [-0.2, -0.15) is 0 Å². The van der Waals surface area contributed by atoms with Crippen LogP contribution in [-0.2, 0) is 4.74 Å². The third-order valence-electron chi connectivity index (χ3n) is 3.29. The van der Waals surface area contributed by atoms with Crippen molar-refractivity contribution in [2.75, 3.05) is 18.5 Å². The number of benzene rings is 2. The lowest BCUT2D eigenvalue weighted by molar-refractivity contribution is -0.384. The lowest BCUT2D eigenvalue weighted by Crippen LogP contribution is -2.13. The van der Waals surface area contributed by atoms with Crippen LogP contribution in [0, 0.1) is 10.1 Å². The van der Waals surface area contributed by atoms with E-state index in [-0.39, 0.29) is 17.5 Å². The molecule has 2 aromatic carbocycles. The zero-order chi connectivity index (χ0) is 16.2. The average Bonchev–Trinajstić information content (AvgIpc) is 3.39. The Labute approximate surface area is 132 Å². The summed E-state index contributed by atoms with van der Waals surface area (Å²) >= 11 is 0. The van der Waals surface area contributed by atoms with Gasteiger partial charge in [0.2, 0.25) is 0 Å². The van der Waals surface area contributed by atoms with Crippen LogP contribution in [0.25, 0.3) is 0 Å². The number of nitro benzene ring substituents is 1. The Hall–Kier alpha value is -2.93. The first-order chi connectivity index (χ1) is 11.1. The van der Waals surface area contributed by atoms with Gasteiger partial charge in [0.25, 0.3) is 11.6 Å². The molecule has 0 aliphatic carbocycles. The summed E-state index contributed by atoms with van der Waals surface area (Å²) < 4.78 is 10.4. The zero-order valence-electron chi connectivity index (χ0n) is 12.1. The molecule has 0 spiro atoms. The fourth-order valence-corrected chi connectivity index (χ4v) is 2.00. The smallest absolute Gasteiger partial charge is 0.296 e. The summed E-state index contributed by atoms with van der Waals surface area (Å²) in [5.74, 6) is -0.0429. The number of hydrogen-bond acceptors (Lipinski definition) is 5. The first-order valence-electron chi connectivity index (χ1n) is 7.03. The van der Waals surface area contributed by atoms with E-state index in [2.05, 4.69) is 5.32 Å². The van der Waals surface area contributed by atoms with Crippen molar-refractivity contribution in [3.8, 4) is 5.75 Å². The third-order valence-corrected chi connectivity index (χ3v) is 3.29. The van der Waals surface area contributed by atoms with Gasteiger partial charge in [0, 0.05) is 5.56 Å². The summed E-state index contributed by atoms with van der Waals surface area (Å²) in [6, 6.07) is 12.8. The number of amides is 1. The molecule has 118 valence electrons. The Bertz CT molecular complexity index is 729. The highest BCUT2D eigenvalue weighted by molar-refractivity contribution is 6.05. The summed E-state index contributed by atoms with van der Waals surface area (Å²) in [6.45, 7) is 1.00. The SMILES string of the molecule is O=C(Nc1ccc(OCC2CO2)cc1[N+](=O)[O-])c1ccccc1. The summed E-state index contributed by atoms with van der Waals surface area (Å²) in [4.78, 5) is 22.8. The Balaban J connectivity index is 1.77. The van der Waals surface area contributed by atoms with Gasteiger partial charge in [-0.3, -0.25) is 14.9 Å². The van der Waals surface area contributed by atoms with Crippen molar-refractivity contribution in [2.45, 2.75) is 6.10 Å². The van der Waals surface area contributed by atoms with Gasteiger partial charge in [0.05, 0.1) is 17.6 Å². The number of nitro groups is 1. The molecule has 23 heavy (non-hydrogen) atoms. The number of nitrogens with one attached hydrogen (secondary N) is 1. The number of rotatable bonds is 6. The molecule has 2 aromatic rings. The van der Waals surface area contributed by atoms with Crippen molar-refractivity contribution in [1.29, 1.82) is 0 Å². The predicted octanol–water partition coefficient (Wildman–Crippen LogP) is 2.62. The van der Waals surface area contributed by atoms with Crippen LogP contribution >= 0.6 is 0 Å². The van der Waals surface area contributed by atoms with Gasteiger partial charge in [-0.1, -0.05) is 18.2 Å². The molecule has 0 saturated carbocycles. The van der Waals surface area contributed by atoms with Crippen LogP contribution in [0.4, 0.5) is 11.4 Å². The van der Waals surface area contributed by atoms with Gasteiger partial charge < -0.3 is 14.8 Å². The molecule has 1 amide bonds. The molecule has 0 bridgehead atoms. The molecule has 3 rings (SSSR count). The second kappa shape index (κ2) is 6.45. The van der Waals surface area contributed by atoms with Crippen LogP contribution in [0.15, 0.2) is 48.5 Å². The van der Waals surface area contributed by atoms with Crippen LogP contribution in [0.1, 0.15) is 10.4 Å². The standard InChI is InChI=1S/C16H14N2O5/c19-16(11-4-2-1-3-5-11)17-14-7-6-12(8-15(14)18(20)21)22-9-13-10-23-13/h1-8,13H,9-10H2,(H,17,19). The van der Waals surface area contributed by atoms with E-state index >= 15 is 0 Å². The average molecular weight is 314 g/mol. The van der Waals surface area contributed by atoms with Gasteiger partial charge in [-0.25, -0.2) is 0 Å². The fourth-order valence-electron chi connectivity index (χ4n) is 2.00. The van der Waals surface area contributed by atoms with Crippen molar-refractivity contribution >= 4 is 17.3 Å². The highest BCUT2D eigenvalue weighted by Crippen LogP contribution is 2.30. The first kappa shape index (κ1) is 15.0. The van der Waals surface area contributed by atoms with E-state index in [1.165, 1.54) is 12.1 Å². The molecule has 1 atom stereocenters.